The Morgan fingerprint density at radius 1 is 1.08 bits per heavy atom. The molecule has 2 N–H and O–H groups in total. The van der Waals surface area contributed by atoms with Crippen LogP contribution in [0.1, 0.15) is 17.2 Å². The van der Waals surface area contributed by atoms with Crippen LogP contribution >= 0.6 is 11.6 Å². The van der Waals surface area contributed by atoms with Gasteiger partial charge >= 0.3 is 0 Å². The third kappa shape index (κ3) is 5.39. The molecule has 4 aromatic rings. The number of halogens is 2. The number of morpholine rings is 1. The lowest BCUT2D eigenvalue weighted by atomic mass is 10.1. The molecule has 0 bridgehead atoms. The Kier molecular flexibility index (Phi) is 7.23. The average molecular weight is 503 g/mol. The standard InChI is InChI=1S/C27H24ClFN6O/c28-22-12-20(6-7-23(22)29)33-27-19(14-30)15-31-24-16-32-26(13-21(24)27)34-25(18-4-2-1-3-5-18)17-35-8-10-36-11-9-35/h1-7,12-13,15-16,25H,8-11,17H2,(H,31,33)(H,32,34)/t25-/m1/s1. The summed E-state index contributed by atoms with van der Waals surface area (Å²) in [6.45, 7) is 3.99. The van der Waals surface area contributed by atoms with Crippen molar-refractivity contribution in [3.8, 4) is 6.07 Å². The lowest BCUT2D eigenvalue weighted by Gasteiger charge is -2.31. The van der Waals surface area contributed by atoms with Crippen molar-refractivity contribution in [1.82, 2.24) is 14.9 Å². The highest BCUT2D eigenvalue weighted by atomic mass is 35.5. The van der Waals surface area contributed by atoms with Crippen LogP contribution < -0.4 is 10.6 Å². The maximum Gasteiger partial charge on any atom is 0.141 e. The summed E-state index contributed by atoms with van der Waals surface area (Å²) < 4.78 is 19.2. The number of nitriles is 1. The lowest BCUT2D eigenvalue weighted by molar-refractivity contribution is 0.0360. The summed E-state index contributed by atoms with van der Waals surface area (Å²) in [6, 6.07) is 18.6. The molecule has 1 atom stereocenters. The van der Waals surface area contributed by atoms with Gasteiger partial charge in [0.2, 0.25) is 0 Å². The molecular weight excluding hydrogens is 479 g/mol. The lowest BCUT2D eigenvalue weighted by Crippen LogP contribution is -2.40. The van der Waals surface area contributed by atoms with E-state index in [2.05, 4.69) is 43.7 Å². The third-order valence-corrected chi connectivity index (χ3v) is 6.42. The van der Waals surface area contributed by atoms with Crippen molar-refractivity contribution < 1.29 is 9.13 Å². The van der Waals surface area contributed by atoms with E-state index in [0.29, 0.717) is 33.7 Å². The van der Waals surface area contributed by atoms with E-state index in [1.807, 2.05) is 24.3 Å². The minimum absolute atomic E-state index is 0.00490. The predicted molar refractivity (Wildman–Crippen MR) is 139 cm³/mol. The molecule has 1 aliphatic heterocycles. The minimum Gasteiger partial charge on any atom is -0.379 e. The summed E-state index contributed by atoms with van der Waals surface area (Å²) in [4.78, 5) is 11.4. The van der Waals surface area contributed by atoms with Gasteiger partial charge in [0.25, 0.3) is 0 Å². The van der Waals surface area contributed by atoms with Crippen molar-refractivity contribution in [3.63, 3.8) is 0 Å². The van der Waals surface area contributed by atoms with Crippen LogP contribution in [0.4, 0.5) is 21.6 Å². The SMILES string of the molecule is N#Cc1cnc2cnc(N[C@H](CN3CCOCC3)c3ccccc3)cc2c1Nc1ccc(F)c(Cl)c1. The zero-order valence-corrected chi connectivity index (χ0v) is 20.2. The average Bonchev–Trinajstić information content (AvgIpc) is 2.92. The molecule has 1 fully saturated rings. The Hall–Kier alpha value is -3.77. The molecule has 0 saturated carbocycles. The van der Waals surface area contributed by atoms with E-state index < -0.39 is 5.82 Å². The van der Waals surface area contributed by atoms with Gasteiger partial charge in [-0.15, -0.1) is 0 Å². The summed E-state index contributed by atoms with van der Waals surface area (Å²) in [5.41, 5.74) is 3.24. The largest absolute Gasteiger partial charge is 0.379 e. The zero-order chi connectivity index (χ0) is 24.9. The number of hydrogen-bond donors (Lipinski definition) is 2. The molecule has 2 aromatic carbocycles. The Balaban J connectivity index is 1.50. The normalized spacial score (nSPS) is 14.8. The van der Waals surface area contributed by atoms with Crippen molar-refractivity contribution in [1.29, 1.82) is 5.26 Å². The van der Waals surface area contributed by atoms with Gasteiger partial charge in [0.1, 0.15) is 17.7 Å². The van der Waals surface area contributed by atoms with E-state index in [9.17, 15) is 9.65 Å². The van der Waals surface area contributed by atoms with Gasteiger partial charge in [-0.25, -0.2) is 9.37 Å². The summed E-state index contributed by atoms with van der Waals surface area (Å²) in [7, 11) is 0. The number of nitrogens with zero attached hydrogens (tertiary/aromatic N) is 4. The van der Waals surface area contributed by atoms with Gasteiger partial charge in [-0.1, -0.05) is 41.9 Å². The molecule has 0 unspecified atom stereocenters. The highest BCUT2D eigenvalue weighted by Crippen LogP contribution is 2.32. The van der Waals surface area contributed by atoms with Crippen LogP contribution in [0.3, 0.4) is 0 Å². The van der Waals surface area contributed by atoms with Crippen molar-refractivity contribution in [2.24, 2.45) is 0 Å². The second kappa shape index (κ2) is 10.9. The predicted octanol–water partition coefficient (Wildman–Crippen LogP) is 5.52. The topological polar surface area (TPSA) is 86.1 Å². The number of pyridine rings is 2. The molecular formula is C27H24ClFN6O. The molecule has 9 heteroatoms. The Morgan fingerprint density at radius 3 is 2.64 bits per heavy atom. The first-order chi connectivity index (χ1) is 17.6. The number of ether oxygens (including phenoxy) is 1. The summed E-state index contributed by atoms with van der Waals surface area (Å²) >= 11 is 5.97. The smallest absolute Gasteiger partial charge is 0.141 e. The maximum atomic E-state index is 13.7. The first-order valence-electron chi connectivity index (χ1n) is 11.6. The summed E-state index contributed by atoms with van der Waals surface area (Å²) in [5.74, 6) is 0.145. The molecule has 36 heavy (non-hydrogen) atoms. The molecule has 1 saturated heterocycles. The number of rotatable bonds is 7. The van der Waals surface area contributed by atoms with Crippen molar-refractivity contribution in [2.75, 3.05) is 43.5 Å². The Labute approximate surface area is 213 Å². The molecule has 5 rings (SSSR count). The van der Waals surface area contributed by atoms with Gasteiger partial charge in [0.15, 0.2) is 0 Å². The highest BCUT2D eigenvalue weighted by Gasteiger charge is 2.19. The van der Waals surface area contributed by atoms with E-state index in [0.717, 1.165) is 38.4 Å². The van der Waals surface area contributed by atoms with Crippen molar-refractivity contribution in [3.05, 3.63) is 89.0 Å². The van der Waals surface area contributed by atoms with Crippen LogP contribution in [0.5, 0.6) is 0 Å². The molecule has 1 aliphatic rings. The van der Waals surface area contributed by atoms with Crippen LogP contribution in [0.25, 0.3) is 10.9 Å². The van der Waals surface area contributed by atoms with Gasteiger partial charge in [-0.3, -0.25) is 9.88 Å². The molecule has 0 spiro atoms. The van der Waals surface area contributed by atoms with Crippen LogP contribution in [0.2, 0.25) is 5.02 Å². The van der Waals surface area contributed by atoms with Gasteiger partial charge < -0.3 is 15.4 Å². The van der Waals surface area contributed by atoms with Crippen LogP contribution in [0, 0.1) is 17.1 Å². The van der Waals surface area contributed by atoms with Crippen LogP contribution in [-0.4, -0.2) is 47.7 Å². The number of aromatic nitrogens is 2. The summed E-state index contributed by atoms with van der Waals surface area (Å²) in [5, 5.41) is 17.2. The second-order valence-corrected chi connectivity index (χ2v) is 8.93. The van der Waals surface area contributed by atoms with E-state index in [-0.39, 0.29) is 11.1 Å². The fraction of sp³-hybridized carbons (Fsp3) is 0.222. The Bertz CT molecular complexity index is 1410. The fourth-order valence-electron chi connectivity index (χ4n) is 4.25. The molecule has 3 heterocycles. The summed E-state index contributed by atoms with van der Waals surface area (Å²) in [6.07, 6.45) is 3.17. The first-order valence-corrected chi connectivity index (χ1v) is 12.0. The van der Waals surface area contributed by atoms with Gasteiger partial charge in [0, 0.05) is 36.9 Å². The molecule has 0 aliphatic carbocycles. The molecule has 182 valence electrons. The number of benzene rings is 2. The van der Waals surface area contributed by atoms with Crippen LogP contribution in [-0.2, 0) is 4.74 Å². The van der Waals surface area contributed by atoms with Crippen molar-refractivity contribution in [2.45, 2.75) is 6.04 Å². The fourth-order valence-corrected chi connectivity index (χ4v) is 4.43. The number of hydrogen-bond acceptors (Lipinski definition) is 7. The van der Waals surface area contributed by atoms with E-state index in [1.54, 1.807) is 12.3 Å². The van der Waals surface area contributed by atoms with Crippen molar-refractivity contribution >= 4 is 39.7 Å². The van der Waals surface area contributed by atoms with Gasteiger partial charge in [-0.05, 0) is 29.8 Å². The second-order valence-electron chi connectivity index (χ2n) is 8.52. The van der Waals surface area contributed by atoms with Crippen LogP contribution in [0.15, 0.2) is 67.0 Å². The molecule has 0 amide bonds. The first kappa shape index (κ1) is 23.9. The monoisotopic (exact) mass is 502 g/mol. The number of fused-ring (bicyclic) bond motifs is 1. The van der Waals surface area contributed by atoms with Gasteiger partial charge in [0.05, 0.1) is 47.2 Å². The van der Waals surface area contributed by atoms with E-state index in [4.69, 9.17) is 16.3 Å². The Morgan fingerprint density at radius 2 is 1.89 bits per heavy atom. The maximum absolute atomic E-state index is 13.7. The quantitative estimate of drug-likeness (QED) is 0.344. The highest BCUT2D eigenvalue weighted by molar-refractivity contribution is 6.31. The third-order valence-electron chi connectivity index (χ3n) is 6.13. The van der Waals surface area contributed by atoms with E-state index in [1.165, 1.54) is 18.3 Å². The molecule has 0 radical (unpaired) electrons. The molecule has 2 aromatic heterocycles. The zero-order valence-electron chi connectivity index (χ0n) is 19.4. The van der Waals surface area contributed by atoms with E-state index >= 15 is 0 Å². The number of anilines is 3. The van der Waals surface area contributed by atoms with Gasteiger partial charge in [-0.2, -0.15) is 5.26 Å². The number of nitrogens with one attached hydrogen (secondary N) is 2. The minimum atomic E-state index is -0.509. The molecule has 7 nitrogen and oxygen atoms in total.